The standard InChI is InChI=1S/C20H30O5/c1-12-4-5-15-19(2,8-6-16(23)20(15,3)11-21)17(12)14(22)10-13-7-9-25-18(13)24/h10,14-17,21-23H,1,4-9,11H2,2-3H3/b13-10+/t14?,15-,16+,17-,19+,20-/m0/s1. The summed E-state index contributed by atoms with van der Waals surface area (Å²) < 4.78 is 4.97. The molecule has 0 amide bonds. The molecule has 0 aromatic heterocycles. The minimum Gasteiger partial charge on any atom is -0.462 e. The second kappa shape index (κ2) is 6.53. The summed E-state index contributed by atoms with van der Waals surface area (Å²) >= 11 is 0. The molecule has 0 bridgehead atoms. The Bertz CT molecular complexity index is 597. The molecular weight excluding hydrogens is 320 g/mol. The lowest BCUT2D eigenvalue weighted by Gasteiger charge is -2.60. The van der Waals surface area contributed by atoms with Crippen molar-refractivity contribution in [3.8, 4) is 0 Å². The van der Waals surface area contributed by atoms with Gasteiger partial charge in [0.25, 0.3) is 0 Å². The molecular formula is C20H30O5. The Labute approximate surface area is 149 Å². The summed E-state index contributed by atoms with van der Waals surface area (Å²) in [4.78, 5) is 11.7. The molecule has 25 heavy (non-hydrogen) atoms. The van der Waals surface area contributed by atoms with Crippen molar-refractivity contribution in [2.45, 2.75) is 58.2 Å². The molecule has 1 heterocycles. The van der Waals surface area contributed by atoms with Crippen LogP contribution in [0.1, 0.15) is 46.0 Å². The molecule has 1 aliphatic heterocycles. The van der Waals surface area contributed by atoms with E-state index in [1.807, 2.05) is 6.92 Å². The van der Waals surface area contributed by atoms with Crippen molar-refractivity contribution >= 4 is 5.97 Å². The lowest BCUT2D eigenvalue weighted by atomic mass is 9.46. The van der Waals surface area contributed by atoms with Crippen LogP contribution in [0.4, 0.5) is 0 Å². The third kappa shape index (κ3) is 2.86. The van der Waals surface area contributed by atoms with Gasteiger partial charge in [-0.2, -0.15) is 0 Å². The summed E-state index contributed by atoms with van der Waals surface area (Å²) in [6.45, 7) is 8.60. The Morgan fingerprint density at radius 2 is 2.08 bits per heavy atom. The van der Waals surface area contributed by atoms with Crippen LogP contribution in [0.5, 0.6) is 0 Å². The summed E-state index contributed by atoms with van der Waals surface area (Å²) in [6, 6.07) is 0. The van der Waals surface area contributed by atoms with Crippen LogP contribution >= 0.6 is 0 Å². The zero-order valence-corrected chi connectivity index (χ0v) is 15.2. The second-order valence-corrected chi connectivity index (χ2v) is 8.52. The summed E-state index contributed by atoms with van der Waals surface area (Å²) in [7, 11) is 0. The zero-order valence-electron chi connectivity index (χ0n) is 15.2. The van der Waals surface area contributed by atoms with Gasteiger partial charge in [-0.3, -0.25) is 0 Å². The first-order valence-electron chi connectivity index (χ1n) is 9.26. The van der Waals surface area contributed by atoms with Gasteiger partial charge >= 0.3 is 5.97 Å². The van der Waals surface area contributed by atoms with Crippen LogP contribution in [0, 0.1) is 22.7 Å². The maximum absolute atomic E-state index is 11.7. The molecule has 2 aliphatic carbocycles. The van der Waals surface area contributed by atoms with Gasteiger partial charge in [0.2, 0.25) is 0 Å². The Balaban J connectivity index is 1.95. The fourth-order valence-corrected chi connectivity index (χ4v) is 5.67. The van der Waals surface area contributed by atoms with Gasteiger partial charge in [0.05, 0.1) is 25.4 Å². The molecule has 3 rings (SSSR count). The summed E-state index contributed by atoms with van der Waals surface area (Å²) in [5, 5.41) is 31.5. The number of carbonyl (C=O) groups excluding carboxylic acids is 1. The highest BCUT2D eigenvalue weighted by Crippen LogP contribution is 2.61. The fourth-order valence-electron chi connectivity index (χ4n) is 5.67. The minimum absolute atomic E-state index is 0.0723. The summed E-state index contributed by atoms with van der Waals surface area (Å²) in [5.41, 5.74) is 0.675. The predicted molar refractivity (Wildman–Crippen MR) is 93.6 cm³/mol. The van der Waals surface area contributed by atoms with E-state index in [9.17, 15) is 20.1 Å². The van der Waals surface area contributed by atoms with E-state index in [-0.39, 0.29) is 29.8 Å². The van der Waals surface area contributed by atoms with Crippen molar-refractivity contribution in [2.24, 2.45) is 22.7 Å². The van der Waals surface area contributed by atoms with Crippen molar-refractivity contribution in [2.75, 3.05) is 13.2 Å². The van der Waals surface area contributed by atoms with E-state index in [0.717, 1.165) is 24.8 Å². The van der Waals surface area contributed by atoms with Crippen LogP contribution in [-0.2, 0) is 9.53 Å². The van der Waals surface area contributed by atoms with E-state index in [1.165, 1.54) is 0 Å². The average Bonchev–Trinajstić information content (AvgIpc) is 2.96. The Morgan fingerprint density at radius 1 is 1.36 bits per heavy atom. The molecule has 0 spiro atoms. The average molecular weight is 350 g/mol. The number of aliphatic hydroxyl groups excluding tert-OH is 3. The van der Waals surface area contributed by atoms with E-state index in [4.69, 9.17) is 4.74 Å². The molecule has 0 radical (unpaired) electrons. The Hall–Kier alpha value is -1.17. The molecule has 5 nitrogen and oxygen atoms in total. The Morgan fingerprint density at radius 3 is 2.68 bits per heavy atom. The van der Waals surface area contributed by atoms with E-state index in [1.54, 1.807) is 6.08 Å². The smallest absolute Gasteiger partial charge is 0.333 e. The number of hydrogen-bond acceptors (Lipinski definition) is 5. The largest absolute Gasteiger partial charge is 0.462 e. The van der Waals surface area contributed by atoms with Crippen LogP contribution in [0.15, 0.2) is 23.8 Å². The zero-order chi connectivity index (χ0) is 18.4. The van der Waals surface area contributed by atoms with Gasteiger partial charge in [0.15, 0.2) is 0 Å². The highest BCUT2D eigenvalue weighted by atomic mass is 16.5. The number of fused-ring (bicyclic) bond motifs is 1. The molecule has 1 unspecified atom stereocenters. The van der Waals surface area contributed by atoms with Gasteiger partial charge in [-0.25, -0.2) is 4.79 Å². The predicted octanol–water partition coefficient (Wildman–Crippen LogP) is 1.96. The number of rotatable bonds is 3. The fraction of sp³-hybridized carbons (Fsp3) is 0.750. The second-order valence-electron chi connectivity index (χ2n) is 8.52. The monoisotopic (exact) mass is 350 g/mol. The molecule has 0 aromatic carbocycles. The molecule has 6 atom stereocenters. The third-order valence-corrected chi connectivity index (χ3v) is 7.14. The SMILES string of the molecule is C=C1CC[C@@H]2[C@](C)(CO)[C@H](O)CC[C@@]2(C)[C@@H]1C(O)/C=C1\CCOC1=O. The molecule has 1 saturated heterocycles. The normalized spacial score (nSPS) is 44.5. The molecule has 3 fully saturated rings. The molecule has 3 N–H and O–H groups in total. The number of cyclic esters (lactones) is 1. The quantitative estimate of drug-likeness (QED) is 0.411. The highest BCUT2D eigenvalue weighted by Gasteiger charge is 2.58. The van der Waals surface area contributed by atoms with Gasteiger partial charge in [0.1, 0.15) is 0 Å². The first-order valence-corrected chi connectivity index (χ1v) is 9.26. The van der Waals surface area contributed by atoms with E-state index < -0.39 is 17.6 Å². The number of hydrogen-bond donors (Lipinski definition) is 3. The van der Waals surface area contributed by atoms with Gasteiger partial charge in [-0.15, -0.1) is 0 Å². The van der Waals surface area contributed by atoms with Gasteiger partial charge in [0, 0.05) is 23.3 Å². The van der Waals surface area contributed by atoms with Crippen molar-refractivity contribution in [3.63, 3.8) is 0 Å². The van der Waals surface area contributed by atoms with Crippen LogP contribution in [0.25, 0.3) is 0 Å². The van der Waals surface area contributed by atoms with E-state index in [2.05, 4.69) is 13.5 Å². The molecule has 140 valence electrons. The number of esters is 1. The van der Waals surface area contributed by atoms with Gasteiger partial charge in [-0.05, 0) is 43.1 Å². The van der Waals surface area contributed by atoms with E-state index in [0.29, 0.717) is 25.0 Å². The van der Waals surface area contributed by atoms with E-state index >= 15 is 0 Å². The first kappa shape index (κ1) is 18.6. The summed E-state index contributed by atoms with van der Waals surface area (Å²) in [5.74, 6) is -0.445. The van der Waals surface area contributed by atoms with Crippen molar-refractivity contribution in [1.29, 1.82) is 0 Å². The van der Waals surface area contributed by atoms with Gasteiger partial charge in [-0.1, -0.05) is 26.0 Å². The lowest BCUT2D eigenvalue weighted by Crippen LogP contribution is -2.59. The first-order chi connectivity index (χ1) is 11.7. The maximum atomic E-state index is 11.7. The van der Waals surface area contributed by atoms with Crippen molar-refractivity contribution in [1.82, 2.24) is 0 Å². The van der Waals surface area contributed by atoms with Crippen molar-refractivity contribution in [3.05, 3.63) is 23.8 Å². The maximum Gasteiger partial charge on any atom is 0.333 e. The van der Waals surface area contributed by atoms with Crippen LogP contribution < -0.4 is 0 Å². The van der Waals surface area contributed by atoms with Crippen LogP contribution in [-0.4, -0.2) is 46.7 Å². The van der Waals surface area contributed by atoms with Gasteiger partial charge < -0.3 is 20.1 Å². The van der Waals surface area contributed by atoms with Crippen LogP contribution in [0.3, 0.4) is 0 Å². The lowest BCUT2D eigenvalue weighted by molar-refractivity contribution is -0.161. The highest BCUT2D eigenvalue weighted by molar-refractivity contribution is 5.90. The van der Waals surface area contributed by atoms with Crippen molar-refractivity contribution < 1.29 is 24.9 Å². The number of ether oxygens (including phenoxy) is 1. The summed E-state index contributed by atoms with van der Waals surface area (Å²) in [6.07, 6.45) is 3.80. The number of carbonyl (C=O) groups is 1. The number of aliphatic hydroxyl groups is 3. The molecule has 2 saturated carbocycles. The third-order valence-electron chi connectivity index (χ3n) is 7.14. The Kier molecular flexibility index (Phi) is 4.86. The van der Waals surface area contributed by atoms with Crippen LogP contribution in [0.2, 0.25) is 0 Å². The topological polar surface area (TPSA) is 87.0 Å². The molecule has 5 heteroatoms. The molecule has 0 aromatic rings. The molecule has 3 aliphatic rings. The minimum atomic E-state index is -0.806.